The molecule has 2 nitrogen and oxygen atoms in total. The second-order valence-electron chi connectivity index (χ2n) is 4.09. The zero-order valence-corrected chi connectivity index (χ0v) is 10.7. The molecule has 0 saturated heterocycles. The molecule has 2 aromatic carbocycles. The van der Waals surface area contributed by atoms with Gasteiger partial charge in [-0.2, -0.15) is 0 Å². The molecule has 3 heteroatoms. The van der Waals surface area contributed by atoms with Gasteiger partial charge in [0.1, 0.15) is 5.75 Å². The summed E-state index contributed by atoms with van der Waals surface area (Å²) in [5.74, 6) is 0.230. The molecule has 2 aromatic rings. The molecule has 0 radical (unpaired) electrons. The number of nitrogens with two attached hydrogens (primary N) is 1. The predicted octanol–water partition coefficient (Wildman–Crippen LogP) is 3.68. The number of anilines is 1. The van der Waals surface area contributed by atoms with E-state index < -0.39 is 0 Å². The maximum Gasteiger partial charge on any atom is 0.125 e. The van der Waals surface area contributed by atoms with E-state index in [9.17, 15) is 5.11 Å². The Kier molecular flexibility index (Phi) is 4.02. The number of rotatable bonds is 1. The molecule has 2 rings (SSSR count). The van der Waals surface area contributed by atoms with E-state index >= 15 is 0 Å². The van der Waals surface area contributed by atoms with E-state index in [-0.39, 0.29) is 18.2 Å². The summed E-state index contributed by atoms with van der Waals surface area (Å²) in [6, 6.07) is 11.4. The zero-order valence-electron chi connectivity index (χ0n) is 9.90. The highest BCUT2D eigenvalue weighted by Crippen LogP contribution is 2.33. The maximum atomic E-state index is 9.88. The summed E-state index contributed by atoms with van der Waals surface area (Å²) < 4.78 is 0. The number of phenolic OH excluding ortho intramolecular Hbond substituents is 1. The Morgan fingerprint density at radius 3 is 2.29 bits per heavy atom. The van der Waals surface area contributed by atoms with Crippen molar-refractivity contribution in [2.24, 2.45) is 0 Å². The molecule has 90 valence electrons. The number of benzene rings is 2. The fourth-order valence-electron chi connectivity index (χ4n) is 1.80. The topological polar surface area (TPSA) is 46.2 Å². The lowest BCUT2D eigenvalue weighted by Gasteiger charge is -2.09. The average molecular weight is 250 g/mol. The van der Waals surface area contributed by atoms with Crippen LogP contribution >= 0.6 is 12.4 Å². The van der Waals surface area contributed by atoms with Crippen LogP contribution in [0.2, 0.25) is 0 Å². The van der Waals surface area contributed by atoms with Crippen LogP contribution in [0, 0.1) is 13.8 Å². The quantitative estimate of drug-likeness (QED) is 0.758. The van der Waals surface area contributed by atoms with Gasteiger partial charge in [-0.3, -0.25) is 0 Å². The van der Waals surface area contributed by atoms with Crippen molar-refractivity contribution in [3.05, 3.63) is 47.5 Å². The first-order valence-corrected chi connectivity index (χ1v) is 5.24. The molecular weight excluding hydrogens is 234 g/mol. The molecule has 0 aliphatic carbocycles. The molecule has 0 unspecified atom stereocenters. The summed E-state index contributed by atoms with van der Waals surface area (Å²) >= 11 is 0. The van der Waals surface area contributed by atoms with E-state index in [0.29, 0.717) is 5.69 Å². The molecule has 3 N–H and O–H groups in total. The molecule has 0 aromatic heterocycles. The van der Waals surface area contributed by atoms with Gasteiger partial charge in [-0.1, -0.05) is 23.8 Å². The van der Waals surface area contributed by atoms with E-state index in [1.807, 2.05) is 19.9 Å². The number of aryl methyl sites for hydroxylation is 2. The van der Waals surface area contributed by atoms with Crippen molar-refractivity contribution in [1.82, 2.24) is 0 Å². The van der Waals surface area contributed by atoms with Gasteiger partial charge in [-0.05, 0) is 37.1 Å². The van der Waals surface area contributed by atoms with E-state index in [0.717, 1.165) is 16.7 Å². The first kappa shape index (κ1) is 13.4. The van der Waals surface area contributed by atoms with Crippen LogP contribution in [0.3, 0.4) is 0 Å². The summed E-state index contributed by atoms with van der Waals surface area (Å²) in [6.45, 7) is 4.07. The SMILES string of the molecule is Cc1ccc(C)c(-c2ccc(N)cc2O)c1.Cl. The molecule has 17 heavy (non-hydrogen) atoms. The van der Waals surface area contributed by atoms with Crippen LogP contribution in [0.1, 0.15) is 11.1 Å². The molecule has 0 fully saturated rings. The first-order chi connectivity index (χ1) is 7.58. The number of halogens is 1. The van der Waals surface area contributed by atoms with Gasteiger partial charge in [0.15, 0.2) is 0 Å². The molecule has 0 aliphatic heterocycles. The van der Waals surface area contributed by atoms with Crippen molar-refractivity contribution in [2.45, 2.75) is 13.8 Å². The van der Waals surface area contributed by atoms with Gasteiger partial charge < -0.3 is 10.8 Å². The minimum atomic E-state index is 0. The Bertz CT molecular complexity index is 538. The Balaban J connectivity index is 0.00000144. The Hall–Kier alpha value is -1.67. The summed E-state index contributed by atoms with van der Waals surface area (Å²) in [7, 11) is 0. The molecule has 0 spiro atoms. The highest BCUT2D eigenvalue weighted by Gasteiger charge is 2.07. The Morgan fingerprint density at radius 2 is 1.65 bits per heavy atom. The van der Waals surface area contributed by atoms with Crippen LogP contribution in [0.25, 0.3) is 11.1 Å². The smallest absolute Gasteiger partial charge is 0.125 e. The van der Waals surface area contributed by atoms with Gasteiger partial charge in [0.25, 0.3) is 0 Å². The fourth-order valence-corrected chi connectivity index (χ4v) is 1.80. The molecule has 0 atom stereocenters. The molecule has 0 amide bonds. The highest BCUT2D eigenvalue weighted by atomic mass is 35.5. The molecule has 0 saturated carbocycles. The van der Waals surface area contributed by atoms with E-state index in [2.05, 4.69) is 18.2 Å². The van der Waals surface area contributed by atoms with Gasteiger partial charge in [0.2, 0.25) is 0 Å². The minimum Gasteiger partial charge on any atom is -0.507 e. The van der Waals surface area contributed by atoms with Crippen molar-refractivity contribution < 1.29 is 5.11 Å². The lowest BCUT2D eigenvalue weighted by molar-refractivity contribution is 0.477. The number of nitrogen functional groups attached to an aromatic ring is 1. The largest absolute Gasteiger partial charge is 0.507 e. The van der Waals surface area contributed by atoms with E-state index in [1.165, 1.54) is 5.56 Å². The van der Waals surface area contributed by atoms with Gasteiger partial charge in [0, 0.05) is 17.3 Å². The average Bonchev–Trinajstić information content (AvgIpc) is 2.22. The molecule has 0 aliphatic rings. The van der Waals surface area contributed by atoms with Crippen LogP contribution in [0.4, 0.5) is 5.69 Å². The van der Waals surface area contributed by atoms with Gasteiger partial charge in [0.05, 0.1) is 0 Å². The molecule has 0 bridgehead atoms. The van der Waals surface area contributed by atoms with Crippen LogP contribution in [-0.4, -0.2) is 5.11 Å². The number of phenols is 1. The first-order valence-electron chi connectivity index (χ1n) is 5.24. The summed E-state index contributed by atoms with van der Waals surface area (Å²) in [5, 5.41) is 9.88. The van der Waals surface area contributed by atoms with Crippen LogP contribution in [-0.2, 0) is 0 Å². The summed E-state index contributed by atoms with van der Waals surface area (Å²) in [4.78, 5) is 0. The summed E-state index contributed by atoms with van der Waals surface area (Å²) in [6.07, 6.45) is 0. The second-order valence-corrected chi connectivity index (χ2v) is 4.09. The third-order valence-corrected chi connectivity index (χ3v) is 2.71. The van der Waals surface area contributed by atoms with Crippen molar-refractivity contribution in [3.8, 4) is 16.9 Å². The van der Waals surface area contributed by atoms with Crippen LogP contribution in [0.5, 0.6) is 5.75 Å². The van der Waals surface area contributed by atoms with Gasteiger partial charge >= 0.3 is 0 Å². The second kappa shape index (κ2) is 5.11. The highest BCUT2D eigenvalue weighted by molar-refractivity contribution is 5.85. The van der Waals surface area contributed by atoms with Crippen LogP contribution < -0.4 is 5.73 Å². The third kappa shape index (κ3) is 2.71. The number of hydrogen-bond acceptors (Lipinski definition) is 2. The minimum absolute atomic E-state index is 0. The normalized spacial score (nSPS) is 9.76. The van der Waals surface area contributed by atoms with Crippen molar-refractivity contribution in [1.29, 1.82) is 0 Å². The van der Waals surface area contributed by atoms with Crippen LogP contribution in [0.15, 0.2) is 36.4 Å². The summed E-state index contributed by atoms with van der Waals surface area (Å²) in [5.41, 5.74) is 10.4. The van der Waals surface area contributed by atoms with Gasteiger partial charge in [-0.25, -0.2) is 0 Å². The lowest BCUT2D eigenvalue weighted by atomic mass is 9.97. The van der Waals surface area contributed by atoms with Crippen molar-refractivity contribution >= 4 is 18.1 Å². The van der Waals surface area contributed by atoms with E-state index in [4.69, 9.17) is 5.73 Å². The maximum absolute atomic E-state index is 9.88. The number of aromatic hydroxyl groups is 1. The lowest BCUT2D eigenvalue weighted by Crippen LogP contribution is -1.88. The Labute approximate surface area is 108 Å². The molecular formula is C14H16ClNO. The van der Waals surface area contributed by atoms with Crippen molar-refractivity contribution in [3.63, 3.8) is 0 Å². The van der Waals surface area contributed by atoms with Gasteiger partial charge in [-0.15, -0.1) is 12.4 Å². The fraction of sp³-hybridized carbons (Fsp3) is 0.143. The standard InChI is InChI=1S/C14H15NO.ClH/c1-9-3-4-10(2)13(7-9)12-6-5-11(15)8-14(12)16;/h3-8,16H,15H2,1-2H3;1H. The monoisotopic (exact) mass is 249 g/mol. The predicted molar refractivity (Wildman–Crippen MR) is 74.7 cm³/mol. The third-order valence-electron chi connectivity index (χ3n) is 2.71. The number of hydrogen-bond donors (Lipinski definition) is 2. The van der Waals surface area contributed by atoms with E-state index in [1.54, 1.807) is 12.1 Å². The Morgan fingerprint density at radius 1 is 0.941 bits per heavy atom. The zero-order chi connectivity index (χ0) is 11.7. The van der Waals surface area contributed by atoms with Crippen molar-refractivity contribution in [2.75, 3.05) is 5.73 Å². The molecule has 0 heterocycles.